The molecular formula is C14H13F2N3O3S. The number of aromatic nitrogens is 2. The van der Waals surface area contributed by atoms with E-state index in [2.05, 4.69) is 10.2 Å². The third-order valence-electron chi connectivity index (χ3n) is 3.47. The highest BCUT2D eigenvalue weighted by atomic mass is 32.2. The average molecular weight is 341 g/mol. The molecule has 1 aliphatic heterocycles. The van der Waals surface area contributed by atoms with Crippen LogP contribution in [0, 0.1) is 11.6 Å². The highest BCUT2D eigenvalue weighted by Gasteiger charge is 2.34. The molecule has 1 saturated heterocycles. The number of halogens is 2. The van der Waals surface area contributed by atoms with Crippen molar-refractivity contribution in [2.24, 2.45) is 0 Å². The first-order valence-corrected chi connectivity index (χ1v) is 8.30. The van der Waals surface area contributed by atoms with Gasteiger partial charge in [-0.1, -0.05) is 0 Å². The molecular weight excluding hydrogens is 328 g/mol. The first kappa shape index (κ1) is 15.8. The fourth-order valence-electron chi connectivity index (χ4n) is 2.32. The lowest BCUT2D eigenvalue weighted by molar-refractivity contribution is 0.204. The van der Waals surface area contributed by atoms with E-state index in [4.69, 9.17) is 4.74 Å². The molecule has 122 valence electrons. The maximum atomic E-state index is 13.3. The van der Waals surface area contributed by atoms with Gasteiger partial charge in [0.05, 0.1) is 11.4 Å². The third kappa shape index (κ3) is 3.30. The van der Waals surface area contributed by atoms with E-state index in [1.54, 1.807) is 12.1 Å². The van der Waals surface area contributed by atoms with E-state index < -0.39 is 21.7 Å². The van der Waals surface area contributed by atoms with Crippen molar-refractivity contribution >= 4 is 10.0 Å². The Hall–Kier alpha value is -2.13. The Morgan fingerprint density at radius 2 is 2.04 bits per heavy atom. The number of sulfonamides is 1. The number of hydrogen-bond donors (Lipinski definition) is 0. The summed E-state index contributed by atoms with van der Waals surface area (Å²) < 4.78 is 57.9. The van der Waals surface area contributed by atoms with Crippen molar-refractivity contribution in [2.45, 2.75) is 17.4 Å². The Morgan fingerprint density at radius 3 is 2.74 bits per heavy atom. The van der Waals surface area contributed by atoms with E-state index in [0.717, 1.165) is 12.1 Å². The Morgan fingerprint density at radius 1 is 1.22 bits per heavy atom. The molecule has 2 heterocycles. The summed E-state index contributed by atoms with van der Waals surface area (Å²) in [4.78, 5) is -0.281. The molecule has 0 bridgehead atoms. The van der Waals surface area contributed by atoms with Crippen LogP contribution in [0.3, 0.4) is 0 Å². The Balaban J connectivity index is 1.73. The average Bonchev–Trinajstić information content (AvgIpc) is 3.00. The molecule has 1 unspecified atom stereocenters. The van der Waals surface area contributed by atoms with Crippen molar-refractivity contribution in [3.63, 3.8) is 0 Å². The lowest BCUT2D eigenvalue weighted by Gasteiger charge is -2.17. The standard InChI is InChI=1S/C14H13F2N3O3S/c15-12-4-3-11(8-13(12)16)23(20,21)19-7-5-10(9-19)22-14-2-1-6-17-18-14/h1-4,6,8,10H,5,7,9H2. The fourth-order valence-corrected chi connectivity index (χ4v) is 3.82. The summed E-state index contributed by atoms with van der Waals surface area (Å²) in [7, 11) is -3.89. The maximum Gasteiger partial charge on any atom is 0.243 e. The van der Waals surface area contributed by atoms with Gasteiger partial charge in [0, 0.05) is 18.8 Å². The summed E-state index contributed by atoms with van der Waals surface area (Å²) >= 11 is 0. The number of rotatable bonds is 4. The minimum Gasteiger partial charge on any atom is -0.472 e. The van der Waals surface area contributed by atoms with Gasteiger partial charge in [-0.2, -0.15) is 9.40 Å². The highest BCUT2D eigenvalue weighted by Crippen LogP contribution is 2.24. The SMILES string of the molecule is O=S(=O)(c1ccc(F)c(F)c1)N1CCC(Oc2cccnn2)C1. The smallest absolute Gasteiger partial charge is 0.243 e. The molecule has 0 amide bonds. The number of benzene rings is 1. The molecule has 1 fully saturated rings. The molecule has 9 heteroatoms. The van der Waals surface area contributed by atoms with Crippen molar-refractivity contribution in [1.82, 2.24) is 14.5 Å². The predicted octanol–water partition coefficient (Wildman–Crippen LogP) is 1.60. The van der Waals surface area contributed by atoms with E-state index in [9.17, 15) is 17.2 Å². The maximum absolute atomic E-state index is 13.3. The van der Waals surface area contributed by atoms with Gasteiger partial charge in [0.15, 0.2) is 11.6 Å². The second-order valence-electron chi connectivity index (χ2n) is 5.03. The van der Waals surface area contributed by atoms with Crippen LogP contribution in [0.1, 0.15) is 6.42 Å². The van der Waals surface area contributed by atoms with Crippen LogP contribution in [0.4, 0.5) is 8.78 Å². The minimum absolute atomic E-state index is 0.109. The fraction of sp³-hybridized carbons (Fsp3) is 0.286. The Labute approximate surface area is 131 Å². The molecule has 0 aliphatic carbocycles. The lowest BCUT2D eigenvalue weighted by Crippen LogP contribution is -2.31. The molecule has 6 nitrogen and oxygen atoms in total. The quantitative estimate of drug-likeness (QED) is 0.845. The largest absolute Gasteiger partial charge is 0.472 e. The van der Waals surface area contributed by atoms with Crippen molar-refractivity contribution in [3.05, 3.63) is 48.2 Å². The van der Waals surface area contributed by atoms with Crippen LogP contribution in [-0.2, 0) is 10.0 Å². The second kappa shape index (κ2) is 6.17. The topological polar surface area (TPSA) is 72.4 Å². The number of hydrogen-bond acceptors (Lipinski definition) is 5. The van der Waals surface area contributed by atoms with Crippen molar-refractivity contribution in [2.75, 3.05) is 13.1 Å². The first-order chi connectivity index (χ1) is 11.0. The molecule has 3 rings (SSSR count). The molecule has 0 radical (unpaired) electrons. The molecule has 23 heavy (non-hydrogen) atoms. The summed E-state index contributed by atoms with van der Waals surface area (Å²) in [6.07, 6.45) is 1.60. The molecule has 2 aromatic rings. The number of ether oxygens (including phenoxy) is 1. The zero-order valence-electron chi connectivity index (χ0n) is 11.9. The molecule has 1 aromatic carbocycles. The minimum atomic E-state index is -3.89. The van der Waals surface area contributed by atoms with Crippen molar-refractivity contribution in [3.8, 4) is 5.88 Å². The van der Waals surface area contributed by atoms with Crippen LogP contribution < -0.4 is 4.74 Å². The van der Waals surface area contributed by atoms with Crippen LogP contribution in [0.15, 0.2) is 41.4 Å². The van der Waals surface area contributed by atoms with Gasteiger partial charge in [0.1, 0.15) is 6.10 Å². The second-order valence-corrected chi connectivity index (χ2v) is 6.97. The van der Waals surface area contributed by atoms with Gasteiger partial charge in [-0.15, -0.1) is 5.10 Å². The van der Waals surface area contributed by atoms with Crippen molar-refractivity contribution < 1.29 is 21.9 Å². The van der Waals surface area contributed by atoms with E-state index in [1.807, 2.05) is 0 Å². The van der Waals surface area contributed by atoms with Crippen LogP contribution >= 0.6 is 0 Å². The predicted molar refractivity (Wildman–Crippen MR) is 76.2 cm³/mol. The Kier molecular flexibility index (Phi) is 4.22. The lowest BCUT2D eigenvalue weighted by atomic mass is 10.3. The summed E-state index contributed by atoms with van der Waals surface area (Å²) in [6, 6.07) is 5.81. The van der Waals surface area contributed by atoms with Crippen molar-refractivity contribution in [1.29, 1.82) is 0 Å². The zero-order valence-corrected chi connectivity index (χ0v) is 12.7. The van der Waals surface area contributed by atoms with Gasteiger partial charge in [0.25, 0.3) is 0 Å². The summed E-state index contributed by atoms with van der Waals surface area (Å²) in [5, 5.41) is 7.45. The molecule has 1 aliphatic rings. The third-order valence-corrected chi connectivity index (χ3v) is 5.33. The van der Waals surface area contributed by atoms with Gasteiger partial charge >= 0.3 is 0 Å². The molecule has 0 saturated carbocycles. The van der Waals surface area contributed by atoms with E-state index >= 15 is 0 Å². The first-order valence-electron chi connectivity index (χ1n) is 6.86. The zero-order chi connectivity index (χ0) is 16.4. The van der Waals surface area contributed by atoms with Gasteiger partial charge in [0.2, 0.25) is 15.9 Å². The van der Waals surface area contributed by atoms with Gasteiger partial charge in [-0.05, 0) is 30.7 Å². The normalized spacial score (nSPS) is 19.0. The van der Waals surface area contributed by atoms with Gasteiger partial charge in [-0.3, -0.25) is 0 Å². The van der Waals surface area contributed by atoms with Gasteiger partial charge < -0.3 is 4.74 Å². The van der Waals surface area contributed by atoms with Gasteiger partial charge in [-0.25, -0.2) is 17.2 Å². The highest BCUT2D eigenvalue weighted by molar-refractivity contribution is 7.89. The van der Waals surface area contributed by atoms with E-state index in [1.165, 1.54) is 10.5 Å². The van der Waals surface area contributed by atoms with Crippen LogP contribution in [0.25, 0.3) is 0 Å². The van der Waals surface area contributed by atoms with E-state index in [-0.39, 0.29) is 24.1 Å². The molecule has 0 N–H and O–H groups in total. The van der Waals surface area contributed by atoms with Crippen LogP contribution in [0.5, 0.6) is 5.88 Å². The number of nitrogens with zero attached hydrogens (tertiary/aromatic N) is 3. The van der Waals surface area contributed by atoms with E-state index in [0.29, 0.717) is 18.4 Å². The Bertz CT molecular complexity index is 802. The monoisotopic (exact) mass is 341 g/mol. The summed E-state index contributed by atoms with van der Waals surface area (Å²) in [5.74, 6) is -1.98. The molecule has 1 aromatic heterocycles. The summed E-state index contributed by atoms with van der Waals surface area (Å²) in [6.45, 7) is 0.337. The summed E-state index contributed by atoms with van der Waals surface area (Å²) in [5.41, 5.74) is 0. The van der Waals surface area contributed by atoms with Crippen LogP contribution in [-0.4, -0.2) is 42.1 Å². The molecule has 1 atom stereocenters. The molecule has 0 spiro atoms. The van der Waals surface area contributed by atoms with Crippen LogP contribution in [0.2, 0.25) is 0 Å².